The highest BCUT2D eigenvalue weighted by Crippen LogP contribution is 2.28. The Labute approximate surface area is 202 Å². The molecular formula is C25H30F3N4O3-. The average Bonchev–Trinajstić information content (AvgIpc) is 3.67. The highest BCUT2D eigenvalue weighted by atomic mass is 19.4. The highest BCUT2D eigenvalue weighted by Gasteiger charge is 2.33. The molecule has 1 aliphatic carbocycles. The summed E-state index contributed by atoms with van der Waals surface area (Å²) in [5.41, 5.74) is -0.0688. The summed E-state index contributed by atoms with van der Waals surface area (Å²) in [4.78, 5) is 29.1. The first-order valence-electron chi connectivity index (χ1n) is 11.6. The SMILES string of the molecule is C[N-]C1CC1.O=C(Nc1cccc(CN2CCCC(C(=O)O)CC2)c1)c1cccc(C(F)(F)F)n1. The number of pyridine rings is 1. The molecule has 2 aromatic rings. The molecule has 1 atom stereocenters. The summed E-state index contributed by atoms with van der Waals surface area (Å²) in [5, 5.41) is 15.8. The van der Waals surface area contributed by atoms with Crippen LogP contribution in [0.5, 0.6) is 0 Å². The van der Waals surface area contributed by atoms with Gasteiger partial charge in [-0.05, 0) is 62.2 Å². The third kappa shape index (κ3) is 8.63. The molecule has 35 heavy (non-hydrogen) atoms. The average molecular weight is 492 g/mol. The number of aliphatic carboxylic acids is 1. The number of alkyl halides is 3. The molecular weight excluding hydrogens is 461 g/mol. The Bertz CT molecular complexity index is 1010. The molecule has 0 bridgehead atoms. The number of aromatic nitrogens is 1. The van der Waals surface area contributed by atoms with Crippen LogP contribution in [0.4, 0.5) is 18.9 Å². The van der Waals surface area contributed by atoms with Gasteiger partial charge in [-0.1, -0.05) is 31.0 Å². The van der Waals surface area contributed by atoms with Crippen LogP contribution in [-0.2, 0) is 17.5 Å². The number of hydrogen-bond acceptors (Lipinski definition) is 4. The van der Waals surface area contributed by atoms with Crippen LogP contribution in [0.1, 0.15) is 53.8 Å². The first-order valence-corrected chi connectivity index (χ1v) is 11.6. The van der Waals surface area contributed by atoms with Crippen LogP contribution in [0.2, 0.25) is 0 Å². The number of hydrogen-bond donors (Lipinski definition) is 2. The number of anilines is 1. The molecule has 1 aliphatic heterocycles. The van der Waals surface area contributed by atoms with Gasteiger partial charge in [0.25, 0.3) is 5.91 Å². The van der Waals surface area contributed by atoms with E-state index in [0.29, 0.717) is 31.6 Å². The monoisotopic (exact) mass is 491 g/mol. The van der Waals surface area contributed by atoms with Gasteiger partial charge in [0.1, 0.15) is 11.4 Å². The molecule has 0 radical (unpaired) electrons. The van der Waals surface area contributed by atoms with Crippen molar-refractivity contribution in [2.45, 2.75) is 50.9 Å². The fourth-order valence-electron chi connectivity index (χ4n) is 3.81. The Morgan fingerprint density at radius 1 is 1.11 bits per heavy atom. The second-order valence-corrected chi connectivity index (χ2v) is 8.79. The Morgan fingerprint density at radius 3 is 2.49 bits per heavy atom. The van der Waals surface area contributed by atoms with Crippen molar-refractivity contribution in [3.63, 3.8) is 0 Å². The number of likely N-dealkylation sites (tertiary alicyclic amines) is 1. The highest BCUT2D eigenvalue weighted by molar-refractivity contribution is 6.02. The fraction of sp³-hybridized carbons (Fsp3) is 0.480. The van der Waals surface area contributed by atoms with Crippen LogP contribution in [0.3, 0.4) is 0 Å². The van der Waals surface area contributed by atoms with E-state index in [4.69, 9.17) is 0 Å². The van der Waals surface area contributed by atoms with E-state index in [1.807, 2.05) is 13.1 Å². The minimum absolute atomic E-state index is 0.317. The van der Waals surface area contributed by atoms with Gasteiger partial charge in [0.15, 0.2) is 0 Å². The molecule has 190 valence electrons. The van der Waals surface area contributed by atoms with Crippen molar-refractivity contribution in [1.82, 2.24) is 9.88 Å². The van der Waals surface area contributed by atoms with E-state index < -0.39 is 23.7 Å². The fourth-order valence-corrected chi connectivity index (χ4v) is 3.81. The van der Waals surface area contributed by atoms with Gasteiger partial charge in [-0.3, -0.25) is 14.5 Å². The number of amides is 1. The van der Waals surface area contributed by atoms with E-state index in [1.165, 1.54) is 18.9 Å². The van der Waals surface area contributed by atoms with E-state index in [9.17, 15) is 27.9 Å². The van der Waals surface area contributed by atoms with Gasteiger partial charge in [0.05, 0.1) is 5.92 Å². The molecule has 10 heteroatoms. The van der Waals surface area contributed by atoms with Crippen molar-refractivity contribution < 1.29 is 27.9 Å². The quantitative estimate of drug-likeness (QED) is 0.580. The van der Waals surface area contributed by atoms with E-state index in [1.54, 1.807) is 18.2 Å². The summed E-state index contributed by atoms with van der Waals surface area (Å²) in [5.74, 6) is -1.80. The zero-order valence-corrected chi connectivity index (χ0v) is 19.6. The Kier molecular flexibility index (Phi) is 9.22. The lowest BCUT2D eigenvalue weighted by Gasteiger charge is -2.20. The second kappa shape index (κ2) is 12.1. The number of nitrogens with zero attached hydrogens (tertiary/aromatic N) is 3. The van der Waals surface area contributed by atoms with Gasteiger partial charge in [-0.25, -0.2) is 4.98 Å². The molecule has 4 rings (SSSR count). The number of halogens is 3. The van der Waals surface area contributed by atoms with Crippen molar-refractivity contribution in [3.05, 3.63) is 64.7 Å². The number of carboxylic acid groups (broad SMARTS) is 1. The zero-order valence-electron chi connectivity index (χ0n) is 19.6. The lowest BCUT2D eigenvalue weighted by atomic mass is 10.0. The largest absolute Gasteiger partial charge is 0.662 e. The van der Waals surface area contributed by atoms with Crippen LogP contribution >= 0.6 is 0 Å². The maximum Gasteiger partial charge on any atom is 0.433 e. The van der Waals surface area contributed by atoms with Gasteiger partial charge < -0.3 is 15.7 Å². The second-order valence-electron chi connectivity index (χ2n) is 8.79. The first kappa shape index (κ1) is 26.6. The Hall–Kier alpha value is -2.98. The van der Waals surface area contributed by atoms with Gasteiger partial charge in [0.2, 0.25) is 0 Å². The molecule has 2 N–H and O–H groups in total. The molecule has 1 saturated heterocycles. The standard InChI is InChI=1S/C21H22F3N3O3.C4H8N/c22-21(23,24)18-8-2-7-17(26-18)19(28)25-16-6-1-4-14(12-16)13-27-10-3-5-15(9-11-27)20(29)30;1-5-4-2-3-4/h1-2,4,6-8,12,15H,3,5,9-11,13H2,(H,25,28)(H,29,30);4H,2-3H2,1H3/q;-1. The number of carbonyl (C=O) groups is 2. The van der Waals surface area contributed by atoms with E-state index >= 15 is 0 Å². The molecule has 7 nitrogen and oxygen atoms in total. The summed E-state index contributed by atoms with van der Waals surface area (Å²) in [6, 6.07) is 11.0. The van der Waals surface area contributed by atoms with Crippen molar-refractivity contribution in [2.24, 2.45) is 5.92 Å². The molecule has 1 aromatic heterocycles. The van der Waals surface area contributed by atoms with Crippen molar-refractivity contribution in [1.29, 1.82) is 0 Å². The Morgan fingerprint density at radius 2 is 1.86 bits per heavy atom. The number of benzene rings is 1. The summed E-state index contributed by atoms with van der Waals surface area (Å²) in [6.45, 7) is 2.05. The normalized spacial score (nSPS) is 18.7. The van der Waals surface area contributed by atoms with Crippen molar-refractivity contribution >= 4 is 17.6 Å². The lowest BCUT2D eigenvalue weighted by Crippen LogP contribution is -2.25. The summed E-state index contributed by atoms with van der Waals surface area (Å²) in [6.07, 6.45) is 0.115. The van der Waals surface area contributed by atoms with Gasteiger partial charge in [-0.15, -0.1) is 6.04 Å². The molecule has 2 heterocycles. The van der Waals surface area contributed by atoms with Gasteiger partial charge in [0, 0.05) is 12.2 Å². The Balaban J connectivity index is 0.000000607. The van der Waals surface area contributed by atoms with Gasteiger partial charge >= 0.3 is 12.1 Å². The number of carboxylic acids is 1. The first-order chi connectivity index (χ1) is 16.7. The van der Waals surface area contributed by atoms with E-state index in [-0.39, 0.29) is 11.6 Å². The molecule has 1 amide bonds. The van der Waals surface area contributed by atoms with Crippen molar-refractivity contribution in [2.75, 3.05) is 25.5 Å². The van der Waals surface area contributed by atoms with Gasteiger partial charge in [-0.2, -0.15) is 20.2 Å². The number of nitrogens with one attached hydrogen (secondary N) is 1. The number of carbonyl (C=O) groups excluding carboxylic acids is 1. The van der Waals surface area contributed by atoms with E-state index in [2.05, 4.69) is 20.5 Å². The van der Waals surface area contributed by atoms with Crippen molar-refractivity contribution in [3.8, 4) is 0 Å². The van der Waals surface area contributed by atoms with Crippen LogP contribution in [0, 0.1) is 5.92 Å². The lowest BCUT2D eigenvalue weighted by molar-refractivity contribution is -0.142. The summed E-state index contributed by atoms with van der Waals surface area (Å²) < 4.78 is 38.4. The summed E-state index contributed by atoms with van der Waals surface area (Å²) >= 11 is 0. The predicted molar refractivity (Wildman–Crippen MR) is 126 cm³/mol. The van der Waals surface area contributed by atoms with Crippen LogP contribution in [-0.4, -0.2) is 53.0 Å². The topological polar surface area (TPSA) is 96.6 Å². The molecule has 1 unspecified atom stereocenters. The third-order valence-electron chi connectivity index (χ3n) is 5.95. The van der Waals surface area contributed by atoms with Crippen LogP contribution < -0.4 is 5.32 Å². The minimum atomic E-state index is -4.62. The minimum Gasteiger partial charge on any atom is -0.662 e. The molecule has 2 fully saturated rings. The molecule has 1 saturated carbocycles. The maximum atomic E-state index is 12.8. The molecule has 2 aliphatic rings. The predicted octanol–water partition coefficient (Wildman–Crippen LogP) is 5.19. The molecule has 1 aromatic carbocycles. The zero-order chi connectivity index (χ0) is 25.4. The number of rotatable bonds is 6. The van der Waals surface area contributed by atoms with Crippen LogP contribution in [0.25, 0.3) is 5.32 Å². The summed E-state index contributed by atoms with van der Waals surface area (Å²) in [7, 11) is 1.89. The van der Waals surface area contributed by atoms with Crippen LogP contribution in [0.15, 0.2) is 42.5 Å². The maximum absolute atomic E-state index is 12.8. The smallest absolute Gasteiger partial charge is 0.433 e. The van der Waals surface area contributed by atoms with E-state index in [0.717, 1.165) is 36.7 Å². The third-order valence-corrected chi connectivity index (χ3v) is 5.95. The molecule has 0 spiro atoms.